The van der Waals surface area contributed by atoms with Crippen LogP contribution in [0.1, 0.15) is 17.3 Å². The van der Waals surface area contributed by atoms with Crippen molar-refractivity contribution in [3.05, 3.63) is 42.5 Å². The van der Waals surface area contributed by atoms with Gasteiger partial charge in [0.15, 0.2) is 0 Å². The van der Waals surface area contributed by atoms with Gasteiger partial charge in [0.1, 0.15) is 11.9 Å². The Bertz CT molecular complexity index is 449. The van der Waals surface area contributed by atoms with Crippen LogP contribution in [0.3, 0.4) is 0 Å². The summed E-state index contributed by atoms with van der Waals surface area (Å²) in [6.07, 6.45) is 0.741. The molecule has 0 saturated carbocycles. The van der Waals surface area contributed by atoms with E-state index in [0.717, 1.165) is 6.08 Å². The molecule has 0 aromatic heterocycles. The summed E-state index contributed by atoms with van der Waals surface area (Å²) in [5.74, 6) is -0.665. The average molecular weight is 264 g/mol. The topological polar surface area (TPSA) is 61.8 Å². The van der Waals surface area contributed by atoms with E-state index in [1.807, 2.05) is 0 Å². The highest BCUT2D eigenvalue weighted by molar-refractivity contribution is 5.90. The number of esters is 2. The lowest BCUT2D eigenvalue weighted by atomic mass is 10.2. The summed E-state index contributed by atoms with van der Waals surface area (Å²) in [6.45, 7) is 5.36. The molecular weight excluding hydrogens is 248 g/mol. The Morgan fingerprint density at radius 3 is 2.47 bits per heavy atom. The molecule has 5 nitrogen and oxygen atoms in total. The Morgan fingerprint density at radius 1 is 1.32 bits per heavy atom. The fraction of sp³-hybridized carbons (Fsp3) is 0.286. The van der Waals surface area contributed by atoms with Crippen molar-refractivity contribution in [1.29, 1.82) is 0 Å². The minimum Gasteiger partial charge on any atom is -0.457 e. The molecule has 0 aliphatic heterocycles. The summed E-state index contributed by atoms with van der Waals surface area (Å²) < 4.78 is 14.9. The molecule has 19 heavy (non-hydrogen) atoms. The first kappa shape index (κ1) is 14.9. The smallest absolute Gasteiger partial charge is 0.338 e. The van der Waals surface area contributed by atoms with Crippen LogP contribution in [0.15, 0.2) is 36.9 Å². The first-order valence-electron chi connectivity index (χ1n) is 5.71. The van der Waals surface area contributed by atoms with E-state index in [-0.39, 0.29) is 6.10 Å². The van der Waals surface area contributed by atoms with Gasteiger partial charge in [0.25, 0.3) is 0 Å². The molecule has 0 saturated heterocycles. The SMILES string of the molecule is C=CC(=O)Oc1ccc(C(=O)OC(C)COC)cc1. The van der Waals surface area contributed by atoms with Gasteiger partial charge in [-0.2, -0.15) is 0 Å². The molecule has 102 valence electrons. The van der Waals surface area contributed by atoms with Gasteiger partial charge < -0.3 is 14.2 Å². The standard InChI is InChI=1S/C14H16O5/c1-4-13(15)19-12-7-5-11(6-8-12)14(16)18-10(2)9-17-3/h4-8,10H,1,9H2,2-3H3. The normalized spacial score (nSPS) is 11.5. The molecule has 0 heterocycles. The third kappa shape index (κ3) is 4.93. The van der Waals surface area contributed by atoms with Crippen molar-refractivity contribution in [2.45, 2.75) is 13.0 Å². The maximum Gasteiger partial charge on any atom is 0.338 e. The van der Waals surface area contributed by atoms with Crippen LogP contribution < -0.4 is 4.74 Å². The van der Waals surface area contributed by atoms with E-state index in [1.54, 1.807) is 6.92 Å². The number of benzene rings is 1. The van der Waals surface area contributed by atoms with Crippen LogP contribution in [-0.2, 0) is 14.3 Å². The van der Waals surface area contributed by atoms with E-state index in [1.165, 1.54) is 31.4 Å². The molecule has 0 amide bonds. The third-order valence-electron chi connectivity index (χ3n) is 2.18. The van der Waals surface area contributed by atoms with E-state index in [2.05, 4.69) is 6.58 Å². The molecule has 1 atom stereocenters. The molecule has 1 rings (SSSR count). The molecule has 1 unspecified atom stereocenters. The summed E-state index contributed by atoms with van der Waals surface area (Å²) in [4.78, 5) is 22.7. The van der Waals surface area contributed by atoms with Crippen LogP contribution in [0.4, 0.5) is 0 Å². The first-order valence-corrected chi connectivity index (χ1v) is 5.71. The molecule has 0 aliphatic rings. The molecule has 0 bridgehead atoms. The number of methoxy groups -OCH3 is 1. The van der Waals surface area contributed by atoms with Gasteiger partial charge in [-0.05, 0) is 31.2 Å². The molecule has 5 heteroatoms. The van der Waals surface area contributed by atoms with E-state index in [9.17, 15) is 9.59 Å². The Balaban J connectivity index is 2.62. The Hall–Kier alpha value is -2.14. The van der Waals surface area contributed by atoms with Crippen LogP contribution in [0.5, 0.6) is 5.75 Å². The largest absolute Gasteiger partial charge is 0.457 e. The second-order valence-corrected chi connectivity index (χ2v) is 3.82. The van der Waals surface area contributed by atoms with Gasteiger partial charge in [-0.3, -0.25) is 0 Å². The van der Waals surface area contributed by atoms with E-state index in [0.29, 0.717) is 17.9 Å². The minimum absolute atomic E-state index is 0.323. The lowest BCUT2D eigenvalue weighted by molar-refractivity contribution is -0.128. The highest BCUT2D eigenvalue weighted by Gasteiger charge is 2.12. The minimum atomic E-state index is -0.552. The molecule has 0 radical (unpaired) electrons. The van der Waals surface area contributed by atoms with E-state index < -0.39 is 11.9 Å². The van der Waals surface area contributed by atoms with Crippen molar-refractivity contribution >= 4 is 11.9 Å². The number of hydrogen-bond acceptors (Lipinski definition) is 5. The Labute approximate surface area is 111 Å². The number of ether oxygens (including phenoxy) is 3. The fourth-order valence-electron chi connectivity index (χ4n) is 1.34. The molecule has 0 fully saturated rings. The predicted molar refractivity (Wildman–Crippen MR) is 69.0 cm³/mol. The first-order chi connectivity index (χ1) is 9.06. The lowest BCUT2D eigenvalue weighted by Crippen LogP contribution is -2.19. The molecule has 0 N–H and O–H groups in total. The lowest BCUT2D eigenvalue weighted by Gasteiger charge is -2.12. The quantitative estimate of drug-likeness (QED) is 0.446. The van der Waals surface area contributed by atoms with Gasteiger partial charge in [-0.25, -0.2) is 9.59 Å². The summed E-state index contributed by atoms with van der Waals surface area (Å²) in [6, 6.07) is 6.07. The van der Waals surface area contributed by atoms with Crippen molar-refractivity contribution in [3.8, 4) is 5.75 Å². The Kier molecular flexibility index (Phi) is 5.75. The zero-order chi connectivity index (χ0) is 14.3. The van der Waals surface area contributed by atoms with Crippen molar-refractivity contribution in [1.82, 2.24) is 0 Å². The monoisotopic (exact) mass is 264 g/mol. The van der Waals surface area contributed by atoms with Crippen molar-refractivity contribution < 1.29 is 23.8 Å². The van der Waals surface area contributed by atoms with Crippen LogP contribution in [-0.4, -0.2) is 31.8 Å². The maximum absolute atomic E-state index is 11.7. The maximum atomic E-state index is 11.7. The number of carbonyl (C=O) groups is 2. The van der Waals surface area contributed by atoms with Gasteiger partial charge in [0.2, 0.25) is 0 Å². The fourth-order valence-corrected chi connectivity index (χ4v) is 1.34. The zero-order valence-electron chi connectivity index (χ0n) is 10.9. The van der Waals surface area contributed by atoms with E-state index in [4.69, 9.17) is 14.2 Å². The van der Waals surface area contributed by atoms with Gasteiger partial charge >= 0.3 is 11.9 Å². The second kappa shape index (κ2) is 7.33. The summed E-state index contributed by atoms with van der Waals surface area (Å²) in [5.41, 5.74) is 0.376. The van der Waals surface area contributed by atoms with Crippen LogP contribution in [0.2, 0.25) is 0 Å². The number of rotatable bonds is 6. The highest BCUT2D eigenvalue weighted by Crippen LogP contribution is 2.14. The number of hydrogen-bond donors (Lipinski definition) is 0. The third-order valence-corrected chi connectivity index (χ3v) is 2.18. The highest BCUT2D eigenvalue weighted by atomic mass is 16.6. The van der Waals surface area contributed by atoms with E-state index >= 15 is 0 Å². The van der Waals surface area contributed by atoms with Gasteiger partial charge in [0, 0.05) is 13.2 Å². The van der Waals surface area contributed by atoms with Crippen molar-refractivity contribution in [3.63, 3.8) is 0 Å². The second-order valence-electron chi connectivity index (χ2n) is 3.82. The van der Waals surface area contributed by atoms with Gasteiger partial charge in [-0.1, -0.05) is 6.58 Å². The Morgan fingerprint density at radius 2 is 1.95 bits per heavy atom. The van der Waals surface area contributed by atoms with Crippen LogP contribution in [0.25, 0.3) is 0 Å². The molecule has 0 aliphatic carbocycles. The van der Waals surface area contributed by atoms with Crippen LogP contribution >= 0.6 is 0 Å². The summed E-state index contributed by atoms with van der Waals surface area (Å²) >= 11 is 0. The van der Waals surface area contributed by atoms with Gasteiger partial charge in [-0.15, -0.1) is 0 Å². The molecule has 0 spiro atoms. The van der Waals surface area contributed by atoms with Gasteiger partial charge in [0.05, 0.1) is 12.2 Å². The number of carbonyl (C=O) groups excluding carboxylic acids is 2. The summed E-state index contributed by atoms with van der Waals surface area (Å²) in [5, 5.41) is 0. The van der Waals surface area contributed by atoms with Crippen LogP contribution in [0, 0.1) is 0 Å². The molecule has 1 aromatic rings. The molecule has 1 aromatic carbocycles. The summed E-state index contributed by atoms with van der Waals surface area (Å²) in [7, 11) is 1.53. The zero-order valence-corrected chi connectivity index (χ0v) is 10.9. The predicted octanol–water partition coefficient (Wildman–Crippen LogP) is 1.97. The van der Waals surface area contributed by atoms with Crippen molar-refractivity contribution in [2.75, 3.05) is 13.7 Å². The average Bonchev–Trinajstić information content (AvgIpc) is 2.39. The molecular formula is C14H16O5. The van der Waals surface area contributed by atoms with Crippen molar-refractivity contribution in [2.24, 2.45) is 0 Å².